The van der Waals surface area contributed by atoms with Crippen LogP contribution in [0.15, 0.2) is 0 Å². The minimum atomic E-state index is -0.495. The van der Waals surface area contributed by atoms with Crippen molar-refractivity contribution in [3.63, 3.8) is 0 Å². The summed E-state index contributed by atoms with van der Waals surface area (Å²) < 4.78 is 12.7. The van der Waals surface area contributed by atoms with Crippen molar-refractivity contribution in [2.24, 2.45) is 5.92 Å². The SMILES string of the molecule is CNCCC[C@H]1CC[C@@H](F)CC1. The third kappa shape index (κ3) is 3.53. The summed E-state index contributed by atoms with van der Waals surface area (Å²) in [4.78, 5) is 0. The normalized spacial score (nSPS) is 30.5. The van der Waals surface area contributed by atoms with Gasteiger partial charge in [-0.3, -0.25) is 0 Å². The first-order valence-electron chi connectivity index (χ1n) is 5.11. The van der Waals surface area contributed by atoms with E-state index in [2.05, 4.69) is 5.32 Å². The zero-order valence-electron chi connectivity index (χ0n) is 7.98. The van der Waals surface area contributed by atoms with E-state index in [1.54, 1.807) is 0 Å². The van der Waals surface area contributed by atoms with E-state index in [0.29, 0.717) is 0 Å². The molecule has 1 nitrogen and oxygen atoms in total. The van der Waals surface area contributed by atoms with Crippen molar-refractivity contribution in [2.75, 3.05) is 13.6 Å². The molecule has 2 heteroatoms. The molecule has 1 N–H and O–H groups in total. The maximum absolute atomic E-state index is 12.7. The van der Waals surface area contributed by atoms with Crippen LogP contribution in [0.1, 0.15) is 38.5 Å². The van der Waals surface area contributed by atoms with Gasteiger partial charge in [-0.15, -0.1) is 0 Å². The number of nitrogens with one attached hydrogen (secondary N) is 1. The second-order valence-corrected chi connectivity index (χ2v) is 3.86. The quantitative estimate of drug-likeness (QED) is 0.644. The van der Waals surface area contributed by atoms with Crippen molar-refractivity contribution in [3.8, 4) is 0 Å². The summed E-state index contributed by atoms with van der Waals surface area (Å²) in [5.74, 6) is 0.811. The van der Waals surface area contributed by atoms with Gasteiger partial charge in [-0.1, -0.05) is 0 Å². The smallest absolute Gasteiger partial charge is 0.100 e. The lowest BCUT2D eigenvalue weighted by atomic mass is 9.85. The molecular formula is C10H20FN. The van der Waals surface area contributed by atoms with Crippen molar-refractivity contribution < 1.29 is 4.39 Å². The Morgan fingerprint density at radius 3 is 2.50 bits per heavy atom. The number of rotatable bonds is 4. The molecule has 0 aromatic carbocycles. The predicted molar refractivity (Wildman–Crippen MR) is 50.0 cm³/mol. The predicted octanol–water partition coefficient (Wildman–Crippen LogP) is 2.51. The molecule has 1 rings (SSSR count). The van der Waals surface area contributed by atoms with E-state index in [1.807, 2.05) is 7.05 Å². The van der Waals surface area contributed by atoms with E-state index < -0.39 is 6.17 Å². The van der Waals surface area contributed by atoms with Crippen molar-refractivity contribution in [2.45, 2.75) is 44.7 Å². The van der Waals surface area contributed by atoms with Crippen LogP contribution < -0.4 is 5.32 Å². The van der Waals surface area contributed by atoms with Gasteiger partial charge in [0.1, 0.15) is 6.17 Å². The first kappa shape index (κ1) is 9.97. The van der Waals surface area contributed by atoms with Gasteiger partial charge >= 0.3 is 0 Å². The Morgan fingerprint density at radius 2 is 1.92 bits per heavy atom. The van der Waals surface area contributed by atoms with Crippen LogP contribution in [-0.4, -0.2) is 19.8 Å². The second kappa shape index (κ2) is 5.52. The summed E-state index contributed by atoms with van der Waals surface area (Å²) in [6, 6.07) is 0. The maximum Gasteiger partial charge on any atom is 0.100 e. The minimum absolute atomic E-state index is 0.495. The van der Waals surface area contributed by atoms with Crippen LogP contribution in [0.2, 0.25) is 0 Å². The Hall–Kier alpha value is -0.110. The molecule has 1 saturated carbocycles. The summed E-state index contributed by atoms with van der Waals surface area (Å²) in [6.07, 6.45) is 5.89. The van der Waals surface area contributed by atoms with Gasteiger partial charge in [-0.05, 0) is 58.0 Å². The average Bonchev–Trinajstić information content (AvgIpc) is 2.09. The van der Waals surface area contributed by atoms with E-state index in [4.69, 9.17) is 0 Å². The van der Waals surface area contributed by atoms with Crippen molar-refractivity contribution in [3.05, 3.63) is 0 Å². The van der Waals surface area contributed by atoms with Crippen LogP contribution in [0.4, 0.5) is 4.39 Å². The molecule has 0 heterocycles. The van der Waals surface area contributed by atoms with Crippen molar-refractivity contribution >= 4 is 0 Å². The molecule has 0 aliphatic heterocycles. The maximum atomic E-state index is 12.7. The van der Waals surface area contributed by atoms with Gasteiger partial charge in [0, 0.05) is 0 Å². The second-order valence-electron chi connectivity index (χ2n) is 3.86. The lowest BCUT2D eigenvalue weighted by Crippen LogP contribution is -2.16. The number of alkyl halides is 1. The van der Waals surface area contributed by atoms with Gasteiger partial charge in [-0.2, -0.15) is 0 Å². The van der Waals surface area contributed by atoms with Gasteiger partial charge in [0.15, 0.2) is 0 Å². The Kier molecular flexibility index (Phi) is 4.59. The summed E-state index contributed by atoms with van der Waals surface area (Å²) >= 11 is 0. The third-order valence-electron chi connectivity index (χ3n) is 2.82. The van der Waals surface area contributed by atoms with Crippen LogP contribution in [-0.2, 0) is 0 Å². The highest BCUT2D eigenvalue weighted by molar-refractivity contribution is 4.71. The molecule has 0 saturated heterocycles. The zero-order valence-corrected chi connectivity index (χ0v) is 7.98. The molecule has 72 valence electrons. The Morgan fingerprint density at radius 1 is 1.25 bits per heavy atom. The van der Waals surface area contributed by atoms with Gasteiger partial charge in [0.25, 0.3) is 0 Å². The molecule has 12 heavy (non-hydrogen) atoms. The zero-order chi connectivity index (χ0) is 8.81. The molecule has 0 amide bonds. The van der Waals surface area contributed by atoms with Crippen LogP contribution in [0.25, 0.3) is 0 Å². The third-order valence-corrected chi connectivity index (χ3v) is 2.82. The average molecular weight is 173 g/mol. The molecule has 0 atom stereocenters. The molecule has 0 unspecified atom stereocenters. The number of hydrogen-bond donors (Lipinski definition) is 1. The molecular weight excluding hydrogens is 153 g/mol. The number of hydrogen-bond acceptors (Lipinski definition) is 1. The molecule has 0 radical (unpaired) electrons. The lowest BCUT2D eigenvalue weighted by Gasteiger charge is -2.23. The summed E-state index contributed by atoms with van der Waals surface area (Å²) in [5.41, 5.74) is 0. The standard InChI is InChI=1S/C10H20FN/c1-12-8-2-3-9-4-6-10(11)7-5-9/h9-10,12H,2-8H2,1H3/t9-,10+. The Labute approximate surface area is 74.7 Å². The van der Waals surface area contributed by atoms with E-state index in [9.17, 15) is 4.39 Å². The highest BCUT2D eigenvalue weighted by Gasteiger charge is 2.19. The van der Waals surface area contributed by atoms with E-state index in [1.165, 1.54) is 12.8 Å². The fraction of sp³-hybridized carbons (Fsp3) is 1.00. The van der Waals surface area contributed by atoms with Gasteiger partial charge in [-0.25, -0.2) is 4.39 Å². The molecule has 0 spiro atoms. The molecule has 0 bridgehead atoms. The largest absolute Gasteiger partial charge is 0.320 e. The van der Waals surface area contributed by atoms with Crippen molar-refractivity contribution in [1.82, 2.24) is 5.32 Å². The highest BCUT2D eigenvalue weighted by Crippen LogP contribution is 2.28. The Bertz CT molecular complexity index is 108. The van der Waals surface area contributed by atoms with E-state index in [0.717, 1.165) is 38.1 Å². The topological polar surface area (TPSA) is 12.0 Å². The monoisotopic (exact) mass is 173 g/mol. The van der Waals surface area contributed by atoms with Crippen LogP contribution >= 0.6 is 0 Å². The van der Waals surface area contributed by atoms with Crippen LogP contribution in [0, 0.1) is 5.92 Å². The van der Waals surface area contributed by atoms with Gasteiger partial charge in [0.2, 0.25) is 0 Å². The first-order valence-corrected chi connectivity index (χ1v) is 5.11. The minimum Gasteiger partial charge on any atom is -0.320 e. The van der Waals surface area contributed by atoms with Crippen LogP contribution in [0.5, 0.6) is 0 Å². The molecule has 1 aliphatic rings. The van der Waals surface area contributed by atoms with Gasteiger partial charge in [0.05, 0.1) is 0 Å². The van der Waals surface area contributed by atoms with Gasteiger partial charge < -0.3 is 5.32 Å². The Balaban J connectivity index is 2.01. The molecule has 0 aromatic heterocycles. The summed E-state index contributed by atoms with van der Waals surface area (Å²) in [6.45, 7) is 1.11. The fourth-order valence-corrected chi connectivity index (χ4v) is 1.98. The lowest BCUT2D eigenvalue weighted by molar-refractivity contribution is 0.200. The number of halogens is 1. The molecule has 1 aliphatic carbocycles. The fourth-order valence-electron chi connectivity index (χ4n) is 1.98. The summed E-state index contributed by atoms with van der Waals surface area (Å²) in [5, 5.41) is 3.14. The van der Waals surface area contributed by atoms with E-state index in [-0.39, 0.29) is 0 Å². The van der Waals surface area contributed by atoms with E-state index >= 15 is 0 Å². The highest BCUT2D eigenvalue weighted by atomic mass is 19.1. The first-order chi connectivity index (χ1) is 5.83. The van der Waals surface area contributed by atoms with Crippen molar-refractivity contribution in [1.29, 1.82) is 0 Å². The van der Waals surface area contributed by atoms with Crippen LogP contribution in [0.3, 0.4) is 0 Å². The molecule has 1 fully saturated rings. The molecule has 0 aromatic rings. The summed E-state index contributed by atoms with van der Waals surface area (Å²) in [7, 11) is 1.98.